The Labute approximate surface area is 280 Å². The maximum Gasteiger partial charge on any atom is 0.338 e. The largest absolute Gasteiger partial charge is 0.465 e. The van der Waals surface area contributed by atoms with Crippen molar-refractivity contribution in [3.05, 3.63) is 119 Å². The number of hydrogen-bond donors (Lipinski definition) is 0. The van der Waals surface area contributed by atoms with Gasteiger partial charge in [-0.1, -0.05) is 104 Å². The monoisotopic (exact) mass is 640 g/mol. The first-order valence-corrected chi connectivity index (χ1v) is 16.4. The molecule has 1 atom stereocenters. The number of tetrazole rings is 1. The molecule has 0 N–H and O–H groups in total. The molecule has 0 aliphatic heterocycles. The first kappa shape index (κ1) is 32.5. The van der Waals surface area contributed by atoms with E-state index in [1.165, 1.54) is 7.11 Å². The summed E-state index contributed by atoms with van der Waals surface area (Å²) in [5.74, 6) is 1.27. The molecule has 9 heteroatoms. The molecule has 0 saturated heterocycles. The van der Waals surface area contributed by atoms with Gasteiger partial charge in [0.15, 0.2) is 12.1 Å². The number of methoxy groups -OCH3 is 1. The molecule has 9 nitrogen and oxygen atoms in total. The molecule has 0 amide bonds. The summed E-state index contributed by atoms with van der Waals surface area (Å²) in [5.41, 5.74) is 8.22. The number of fused-ring (bicyclic) bond motifs is 1. The highest BCUT2D eigenvalue weighted by atomic mass is 16.5. The average Bonchev–Trinajstić information content (AvgIpc) is 3.75. The molecule has 0 saturated carbocycles. The Morgan fingerprint density at radius 3 is 2.40 bits per heavy atom. The maximum atomic E-state index is 13.0. The molecule has 0 bridgehead atoms. The number of imidazole rings is 1. The van der Waals surface area contributed by atoms with Crippen LogP contribution < -0.4 is 0 Å². The van der Waals surface area contributed by atoms with Crippen molar-refractivity contribution in [3.8, 4) is 22.5 Å². The topological polar surface area (TPSA) is 97.0 Å². The van der Waals surface area contributed by atoms with Gasteiger partial charge in [-0.05, 0) is 70.6 Å². The van der Waals surface area contributed by atoms with Crippen LogP contribution in [0, 0.1) is 0 Å². The van der Waals surface area contributed by atoms with Crippen molar-refractivity contribution in [2.75, 3.05) is 13.7 Å². The molecule has 2 heterocycles. The Bertz CT molecular complexity index is 2030. The first-order chi connectivity index (χ1) is 23.5. The highest BCUT2D eigenvalue weighted by molar-refractivity contribution is 5.99. The van der Waals surface area contributed by atoms with E-state index >= 15 is 0 Å². The SMILES string of the molecule is CCCCc1nc2cc(C=Cc3ccccc3)c(C(=O)OC)cc2n1Cc1ccc(-c2ccccc2-c2nnnn2C(C)OCC)cc1. The third kappa shape index (κ3) is 6.96. The second-order valence-electron chi connectivity index (χ2n) is 11.6. The molecule has 2 aromatic heterocycles. The van der Waals surface area contributed by atoms with Crippen molar-refractivity contribution in [3.63, 3.8) is 0 Å². The lowest BCUT2D eigenvalue weighted by atomic mass is 9.98. The number of carbonyl (C=O) groups excluding carboxylic acids is 1. The van der Waals surface area contributed by atoms with Crippen LogP contribution >= 0.6 is 0 Å². The smallest absolute Gasteiger partial charge is 0.338 e. The fraction of sp³-hybridized carbons (Fsp3) is 0.256. The quantitative estimate of drug-likeness (QED) is 0.0926. The molecule has 0 fully saturated rings. The second kappa shape index (κ2) is 15.0. The van der Waals surface area contributed by atoms with E-state index in [1.54, 1.807) is 4.68 Å². The molecule has 0 spiro atoms. The van der Waals surface area contributed by atoms with Crippen LogP contribution in [0.15, 0.2) is 91.0 Å². The minimum absolute atomic E-state index is 0.294. The van der Waals surface area contributed by atoms with Gasteiger partial charge >= 0.3 is 5.97 Å². The maximum absolute atomic E-state index is 13.0. The van der Waals surface area contributed by atoms with Crippen LogP contribution in [0.5, 0.6) is 0 Å². The van der Waals surface area contributed by atoms with Crippen LogP contribution in [-0.2, 0) is 22.4 Å². The van der Waals surface area contributed by atoms with E-state index in [0.717, 1.165) is 69.5 Å². The summed E-state index contributed by atoms with van der Waals surface area (Å²) in [5, 5.41) is 12.5. The fourth-order valence-electron chi connectivity index (χ4n) is 5.94. The van der Waals surface area contributed by atoms with Gasteiger partial charge in [0.25, 0.3) is 0 Å². The normalized spacial score (nSPS) is 12.2. The lowest BCUT2D eigenvalue weighted by molar-refractivity contribution is 0.0159. The number of unbranched alkanes of at least 4 members (excludes halogenated alkanes) is 1. The lowest BCUT2D eigenvalue weighted by Gasteiger charge is -2.15. The molecule has 4 aromatic carbocycles. The van der Waals surface area contributed by atoms with Gasteiger partial charge in [-0.15, -0.1) is 5.10 Å². The van der Waals surface area contributed by atoms with Gasteiger partial charge in [-0.25, -0.2) is 9.78 Å². The Hall–Kier alpha value is -5.41. The standard InChI is InChI=1S/C39H40N6O3/c1-5-7-17-37-40-35-24-31(23-18-28-13-9-8-10-14-28)34(39(46)47-4)25-36(35)44(37)26-29-19-21-30(22-20-29)32-15-11-12-16-33(32)38-41-42-43-45(38)27(3)48-6-2/h8-16,18-25,27H,5-7,17,26H2,1-4H3. The summed E-state index contributed by atoms with van der Waals surface area (Å²) in [4.78, 5) is 18.1. The summed E-state index contributed by atoms with van der Waals surface area (Å²) < 4.78 is 14.9. The van der Waals surface area contributed by atoms with E-state index in [2.05, 4.69) is 57.3 Å². The Kier molecular flexibility index (Phi) is 10.2. The van der Waals surface area contributed by atoms with Crippen molar-refractivity contribution >= 4 is 29.2 Å². The second-order valence-corrected chi connectivity index (χ2v) is 11.6. The molecule has 6 aromatic rings. The van der Waals surface area contributed by atoms with Gasteiger partial charge in [-0.2, -0.15) is 4.68 Å². The summed E-state index contributed by atoms with van der Waals surface area (Å²) in [7, 11) is 1.42. The Morgan fingerprint density at radius 2 is 1.67 bits per heavy atom. The van der Waals surface area contributed by atoms with E-state index in [-0.39, 0.29) is 12.2 Å². The van der Waals surface area contributed by atoms with Gasteiger partial charge in [-0.3, -0.25) is 0 Å². The lowest BCUT2D eigenvalue weighted by Crippen LogP contribution is -2.12. The molecule has 1 unspecified atom stereocenters. The summed E-state index contributed by atoms with van der Waals surface area (Å²) in [6.45, 7) is 7.25. The van der Waals surface area contributed by atoms with Gasteiger partial charge in [0.05, 0.1) is 23.7 Å². The molecule has 0 aliphatic rings. The Balaban J connectivity index is 1.35. The molecule has 0 aliphatic carbocycles. The molecule has 48 heavy (non-hydrogen) atoms. The number of aromatic nitrogens is 6. The predicted octanol–water partition coefficient (Wildman–Crippen LogP) is 8.26. The van der Waals surface area contributed by atoms with Crippen molar-refractivity contribution in [1.29, 1.82) is 0 Å². The van der Waals surface area contributed by atoms with Gasteiger partial charge < -0.3 is 14.0 Å². The minimum Gasteiger partial charge on any atom is -0.465 e. The highest BCUT2D eigenvalue weighted by Crippen LogP contribution is 2.32. The van der Waals surface area contributed by atoms with Crippen molar-refractivity contribution in [2.24, 2.45) is 0 Å². The first-order valence-electron chi connectivity index (χ1n) is 16.4. The number of ether oxygens (including phenoxy) is 2. The van der Waals surface area contributed by atoms with Crippen LogP contribution in [-0.4, -0.2) is 49.4 Å². The summed E-state index contributed by atoms with van der Waals surface area (Å²) in [6, 6.07) is 30.6. The molecule has 0 radical (unpaired) electrons. The van der Waals surface area contributed by atoms with Crippen molar-refractivity contribution in [2.45, 2.75) is 52.8 Å². The van der Waals surface area contributed by atoms with E-state index < -0.39 is 0 Å². The number of carbonyl (C=O) groups is 1. The zero-order valence-electron chi connectivity index (χ0n) is 27.8. The average molecular weight is 641 g/mol. The number of hydrogen-bond acceptors (Lipinski definition) is 7. The molecular formula is C39H40N6O3. The summed E-state index contributed by atoms with van der Waals surface area (Å²) in [6.07, 6.45) is 6.58. The van der Waals surface area contributed by atoms with Crippen molar-refractivity contribution in [1.82, 2.24) is 29.8 Å². The number of benzene rings is 4. The zero-order chi connectivity index (χ0) is 33.5. The molecule has 244 valence electrons. The zero-order valence-corrected chi connectivity index (χ0v) is 27.8. The van der Waals surface area contributed by atoms with Crippen LogP contribution in [0.1, 0.15) is 72.7 Å². The van der Waals surface area contributed by atoms with Crippen LogP contribution in [0.25, 0.3) is 45.7 Å². The fourth-order valence-corrected chi connectivity index (χ4v) is 5.94. The molecule has 6 rings (SSSR count). The van der Waals surface area contributed by atoms with Crippen molar-refractivity contribution < 1.29 is 14.3 Å². The minimum atomic E-state index is -0.378. The van der Waals surface area contributed by atoms with Gasteiger partial charge in [0, 0.05) is 25.1 Å². The Morgan fingerprint density at radius 1 is 0.917 bits per heavy atom. The summed E-state index contributed by atoms with van der Waals surface area (Å²) >= 11 is 0. The van der Waals surface area contributed by atoms with E-state index in [4.69, 9.17) is 14.5 Å². The number of esters is 1. The number of aryl methyl sites for hydroxylation is 1. The highest BCUT2D eigenvalue weighted by Gasteiger charge is 2.20. The van der Waals surface area contributed by atoms with E-state index in [0.29, 0.717) is 24.5 Å². The van der Waals surface area contributed by atoms with Gasteiger partial charge in [0.1, 0.15) is 5.82 Å². The van der Waals surface area contributed by atoms with E-state index in [1.807, 2.05) is 86.7 Å². The number of rotatable bonds is 13. The predicted molar refractivity (Wildman–Crippen MR) is 189 cm³/mol. The van der Waals surface area contributed by atoms with Crippen LogP contribution in [0.3, 0.4) is 0 Å². The van der Waals surface area contributed by atoms with Crippen LogP contribution in [0.2, 0.25) is 0 Å². The number of nitrogens with zero attached hydrogens (tertiary/aromatic N) is 6. The van der Waals surface area contributed by atoms with Crippen LogP contribution in [0.4, 0.5) is 0 Å². The molecular weight excluding hydrogens is 600 g/mol. The third-order valence-corrected chi connectivity index (χ3v) is 8.43. The van der Waals surface area contributed by atoms with E-state index in [9.17, 15) is 4.79 Å². The third-order valence-electron chi connectivity index (χ3n) is 8.43. The van der Waals surface area contributed by atoms with Gasteiger partial charge in [0.2, 0.25) is 0 Å².